The number of benzene rings is 1. The number of hydrogen-bond acceptors (Lipinski definition) is 5. The first kappa shape index (κ1) is 18.1. The molecule has 108 valence electrons. The highest BCUT2D eigenvalue weighted by Crippen LogP contribution is 2.25. The molecule has 5 nitrogen and oxygen atoms in total. The zero-order valence-electron chi connectivity index (χ0n) is 10.6. The summed E-state index contributed by atoms with van der Waals surface area (Å²) in [5.41, 5.74) is 14.0. The van der Waals surface area contributed by atoms with Crippen LogP contribution in [0, 0.1) is 0 Å². The molecule has 7 heteroatoms. The van der Waals surface area contributed by atoms with E-state index in [2.05, 4.69) is 10.9 Å². The van der Waals surface area contributed by atoms with Crippen LogP contribution >= 0.6 is 24.8 Å². The third-order valence-electron chi connectivity index (χ3n) is 3.04. The van der Waals surface area contributed by atoms with Crippen molar-refractivity contribution in [3.8, 4) is 0 Å². The van der Waals surface area contributed by atoms with Crippen LogP contribution in [0.2, 0.25) is 0 Å². The van der Waals surface area contributed by atoms with Crippen LogP contribution in [-0.4, -0.2) is 19.1 Å². The van der Waals surface area contributed by atoms with E-state index in [1.807, 2.05) is 24.3 Å². The molecule has 4 N–H and O–H groups in total. The van der Waals surface area contributed by atoms with Gasteiger partial charge in [0.25, 0.3) is 0 Å². The molecule has 1 aromatic rings. The number of ether oxygens (including phenoxy) is 1. The van der Waals surface area contributed by atoms with Crippen LogP contribution in [0.5, 0.6) is 0 Å². The number of methoxy groups -OCH3 is 1. The summed E-state index contributed by atoms with van der Waals surface area (Å²) in [5, 5.41) is 0. The molecule has 0 amide bonds. The Hall–Kier alpha value is -0.850. The fourth-order valence-corrected chi connectivity index (χ4v) is 2.12. The van der Waals surface area contributed by atoms with E-state index in [0.29, 0.717) is 13.0 Å². The average molecular weight is 308 g/mol. The Kier molecular flexibility index (Phi) is 7.97. The van der Waals surface area contributed by atoms with Gasteiger partial charge in [0.1, 0.15) is 6.04 Å². The largest absolute Gasteiger partial charge is 0.468 e. The van der Waals surface area contributed by atoms with E-state index in [1.54, 1.807) is 0 Å². The second-order valence-electron chi connectivity index (χ2n) is 4.06. The number of esters is 1. The highest BCUT2D eigenvalue weighted by Gasteiger charge is 2.31. The quantitative estimate of drug-likeness (QED) is 0.728. The number of hydrazine groups is 1. The van der Waals surface area contributed by atoms with Crippen molar-refractivity contribution in [2.45, 2.75) is 25.0 Å². The van der Waals surface area contributed by atoms with Crippen molar-refractivity contribution in [3.05, 3.63) is 35.4 Å². The van der Waals surface area contributed by atoms with Crippen molar-refractivity contribution < 1.29 is 9.53 Å². The van der Waals surface area contributed by atoms with Gasteiger partial charge in [-0.1, -0.05) is 24.3 Å². The maximum atomic E-state index is 11.4. The lowest BCUT2D eigenvalue weighted by Crippen LogP contribution is -2.37. The Bertz CT molecular complexity index is 418. The first-order chi connectivity index (χ1) is 8.26. The van der Waals surface area contributed by atoms with Gasteiger partial charge in [0.05, 0.1) is 7.11 Å². The Morgan fingerprint density at radius 3 is 2.68 bits per heavy atom. The van der Waals surface area contributed by atoms with Gasteiger partial charge in [0.2, 0.25) is 0 Å². The highest BCUT2D eigenvalue weighted by molar-refractivity contribution is 5.85. The first-order valence-corrected chi connectivity index (χ1v) is 5.63. The van der Waals surface area contributed by atoms with E-state index in [9.17, 15) is 4.79 Å². The molecule has 0 saturated carbocycles. The average Bonchev–Trinajstić information content (AvgIpc) is 2.87. The molecular formula is C12H19Cl2N3O2. The number of nitrogens with two attached hydrogens (primary N) is 1. The van der Waals surface area contributed by atoms with Crippen molar-refractivity contribution in [3.63, 3.8) is 0 Å². The molecule has 1 aromatic carbocycles. The molecule has 1 fully saturated rings. The zero-order valence-corrected chi connectivity index (χ0v) is 12.2. The summed E-state index contributed by atoms with van der Waals surface area (Å²) in [6.07, 6.45) is 0.670. The van der Waals surface area contributed by atoms with Crippen LogP contribution in [0.3, 0.4) is 0 Å². The Morgan fingerprint density at radius 1 is 1.37 bits per heavy atom. The summed E-state index contributed by atoms with van der Waals surface area (Å²) in [7, 11) is 1.39. The number of halogens is 2. The summed E-state index contributed by atoms with van der Waals surface area (Å²) in [5.74, 6) is -0.245. The lowest BCUT2D eigenvalue weighted by molar-refractivity contribution is -0.142. The van der Waals surface area contributed by atoms with Gasteiger partial charge in [-0.2, -0.15) is 0 Å². The topological polar surface area (TPSA) is 76.4 Å². The minimum absolute atomic E-state index is 0. The van der Waals surface area contributed by atoms with Gasteiger partial charge in [-0.3, -0.25) is 4.79 Å². The number of nitrogens with one attached hydrogen (secondary N) is 2. The van der Waals surface area contributed by atoms with Gasteiger partial charge in [-0.05, 0) is 17.5 Å². The van der Waals surface area contributed by atoms with Crippen molar-refractivity contribution in [1.29, 1.82) is 0 Å². The number of hydrogen-bond donors (Lipinski definition) is 3. The minimum atomic E-state index is -0.296. The van der Waals surface area contributed by atoms with Crippen LogP contribution in [-0.2, 0) is 16.1 Å². The molecule has 1 saturated heterocycles. The Balaban J connectivity index is 0.00000162. The monoisotopic (exact) mass is 307 g/mol. The lowest BCUT2D eigenvalue weighted by Gasteiger charge is -2.13. The minimum Gasteiger partial charge on any atom is -0.468 e. The standard InChI is InChI=1S/C12H17N3O2.2ClH/c1-17-12(16)11-6-10(14-15-11)9-5-3-2-4-8(9)7-13;;/h2-5,10-11,14-15H,6-7,13H2,1H3;2*1H. The number of carbonyl (C=O) groups excluding carboxylic acids is 1. The van der Waals surface area contributed by atoms with Crippen LogP contribution in [0.15, 0.2) is 24.3 Å². The van der Waals surface area contributed by atoms with Crippen molar-refractivity contribution in [1.82, 2.24) is 10.9 Å². The summed E-state index contributed by atoms with van der Waals surface area (Å²) in [6, 6.07) is 7.77. The Morgan fingerprint density at radius 2 is 2.05 bits per heavy atom. The molecule has 2 rings (SSSR count). The molecule has 0 aromatic heterocycles. The van der Waals surface area contributed by atoms with Gasteiger partial charge < -0.3 is 10.5 Å². The zero-order chi connectivity index (χ0) is 12.3. The molecule has 0 bridgehead atoms. The molecule has 0 spiro atoms. The van der Waals surface area contributed by atoms with Crippen molar-refractivity contribution in [2.75, 3.05) is 7.11 Å². The second kappa shape index (κ2) is 8.35. The van der Waals surface area contributed by atoms with E-state index in [1.165, 1.54) is 7.11 Å². The molecule has 2 atom stereocenters. The lowest BCUT2D eigenvalue weighted by atomic mass is 9.97. The van der Waals surface area contributed by atoms with Gasteiger partial charge in [-0.25, -0.2) is 10.9 Å². The third kappa shape index (κ3) is 4.06. The fraction of sp³-hybridized carbons (Fsp3) is 0.417. The van der Waals surface area contributed by atoms with Crippen molar-refractivity contribution >= 4 is 30.8 Å². The predicted octanol–water partition coefficient (Wildman–Crippen LogP) is 1.07. The fourth-order valence-electron chi connectivity index (χ4n) is 2.12. The van der Waals surface area contributed by atoms with Crippen molar-refractivity contribution in [2.24, 2.45) is 5.73 Å². The SMILES string of the molecule is COC(=O)C1CC(c2ccccc2CN)NN1.Cl.Cl. The molecule has 1 aliphatic rings. The molecule has 19 heavy (non-hydrogen) atoms. The maximum absolute atomic E-state index is 11.4. The molecule has 0 aliphatic carbocycles. The van der Waals surface area contributed by atoms with Gasteiger partial charge >= 0.3 is 5.97 Å². The second-order valence-corrected chi connectivity index (χ2v) is 4.06. The maximum Gasteiger partial charge on any atom is 0.324 e. The molecule has 1 aliphatic heterocycles. The number of rotatable bonds is 3. The first-order valence-electron chi connectivity index (χ1n) is 5.63. The van der Waals surface area contributed by atoms with E-state index >= 15 is 0 Å². The summed E-state index contributed by atoms with van der Waals surface area (Å²) >= 11 is 0. The molecule has 0 radical (unpaired) electrons. The van der Waals surface area contributed by atoms with E-state index < -0.39 is 0 Å². The van der Waals surface area contributed by atoms with Gasteiger partial charge in [0.15, 0.2) is 0 Å². The van der Waals surface area contributed by atoms with Crippen LogP contribution < -0.4 is 16.6 Å². The molecule has 1 heterocycles. The normalized spacial score (nSPS) is 21.2. The molecule has 2 unspecified atom stereocenters. The van der Waals surface area contributed by atoms with Crippen LogP contribution in [0.4, 0.5) is 0 Å². The smallest absolute Gasteiger partial charge is 0.324 e. The van der Waals surface area contributed by atoms with Gasteiger partial charge in [-0.15, -0.1) is 24.8 Å². The number of carbonyl (C=O) groups is 1. The molecular weight excluding hydrogens is 289 g/mol. The van der Waals surface area contributed by atoms with E-state index in [0.717, 1.165) is 11.1 Å². The van der Waals surface area contributed by atoms with E-state index in [4.69, 9.17) is 10.5 Å². The summed E-state index contributed by atoms with van der Waals surface area (Å²) in [4.78, 5) is 11.4. The van der Waals surface area contributed by atoms with E-state index in [-0.39, 0.29) is 42.9 Å². The summed E-state index contributed by atoms with van der Waals surface area (Å²) < 4.78 is 4.71. The predicted molar refractivity (Wildman–Crippen MR) is 78.3 cm³/mol. The third-order valence-corrected chi connectivity index (χ3v) is 3.04. The van der Waals surface area contributed by atoms with Crippen LogP contribution in [0.1, 0.15) is 23.6 Å². The Labute approximate surface area is 125 Å². The highest BCUT2D eigenvalue weighted by atomic mass is 35.5. The summed E-state index contributed by atoms with van der Waals surface area (Å²) in [6.45, 7) is 0.497. The van der Waals surface area contributed by atoms with Crippen LogP contribution in [0.25, 0.3) is 0 Å². The van der Waals surface area contributed by atoms with Gasteiger partial charge in [0, 0.05) is 12.6 Å².